The standard InChI is InChI=1S/C24H31N7O/c1-18-14-22(29-24(28-18)30-13-11-26-17-30)31-12-3-2-4-21(31)15-23(32)27-10-9-19-5-7-20(16-25)8-6-19/h5-8,11,13-14,17,21H,2-4,9-10,12,15-16,25H2,1H3,(H,27,32). The first-order valence-electron chi connectivity index (χ1n) is 11.3. The number of nitrogens with one attached hydrogen (secondary N) is 1. The molecule has 0 spiro atoms. The van der Waals surface area contributed by atoms with Crippen molar-refractivity contribution in [2.24, 2.45) is 5.73 Å². The number of nitrogens with zero attached hydrogens (tertiary/aromatic N) is 5. The minimum Gasteiger partial charge on any atom is -0.356 e. The molecule has 1 aromatic carbocycles. The Hall–Kier alpha value is -3.26. The minimum absolute atomic E-state index is 0.0843. The average Bonchev–Trinajstić information content (AvgIpc) is 3.35. The summed E-state index contributed by atoms with van der Waals surface area (Å²) in [5.41, 5.74) is 8.86. The molecule has 4 rings (SSSR count). The van der Waals surface area contributed by atoms with E-state index >= 15 is 0 Å². The molecule has 2 aromatic heterocycles. The van der Waals surface area contributed by atoms with Crippen LogP contribution < -0.4 is 16.0 Å². The highest BCUT2D eigenvalue weighted by atomic mass is 16.1. The highest BCUT2D eigenvalue weighted by molar-refractivity contribution is 5.77. The van der Waals surface area contributed by atoms with Crippen LogP contribution in [0.25, 0.3) is 5.95 Å². The highest BCUT2D eigenvalue weighted by Gasteiger charge is 2.26. The SMILES string of the molecule is Cc1cc(N2CCCCC2CC(=O)NCCc2ccc(CN)cc2)nc(-n2ccnc2)n1. The number of aryl methyl sites for hydroxylation is 1. The van der Waals surface area contributed by atoms with E-state index in [0.717, 1.165) is 49.3 Å². The third-order valence-electron chi connectivity index (χ3n) is 5.90. The molecule has 8 nitrogen and oxygen atoms in total. The van der Waals surface area contributed by atoms with Gasteiger partial charge in [0, 0.05) is 56.3 Å². The molecule has 8 heteroatoms. The molecule has 3 heterocycles. The number of anilines is 1. The van der Waals surface area contributed by atoms with Crippen LogP contribution in [0.2, 0.25) is 0 Å². The van der Waals surface area contributed by atoms with Gasteiger partial charge in [-0.1, -0.05) is 24.3 Å². The van der Waals surface area contributed by atoms with Gasteiger partial charge in [0.1, 0.15) is 12.1 Å². The predicted octanol–water partition coefficient (Wildman–Crippen LogP) is 2.54. The smallest absolute Gasteiger partial charge is 0.237 e. The number of carbonyl (C=O) groups is 1. The number of piperidine rings is 1. The quantitative estimate of drug-likeness (QED) is 0.566. The Labute approximate surface area is 188 Å². The van der Waals surface area contributed by atoms with E-state index in [4.69, 9.17) is 10.7 Å². The fourth-order valence-electron chi connectivity index (χ4n) is 4.17. The minimum atomic E-state index is 0.0843. The zero-order chi connectivity index (χ0) is 22.3. The maximum absolute atomic E-state index is 12.7. The molecule has 0 aliphatic carbocycles. The van der Waals surface area contributed by atoms with Gasteiger partial charge in [-0.2, -0.15) is 4.98 Å². The Morgan fingerprint density at radius 1 is 1.19 bits per heavy atom. The van der Waals surface area contributed by atoms with E-state index in [1.54, 1.807) is 12.5 Å². The van der Waals surface area contributed by atoms with Crippen molar-refractivity contribution in [2.75, 3.05) is 18.0 Å². The Kier molecular flexibility index (Phi) is 7.11. The predicted molar refractivity (Wildman–Crippen MR) is 125 cm³/mol. The summed E-state index contributed by atoms with van der Waals surface area (Å²) in [7, 11) is 0. The zero-order valence-electron chi connectivity index (χ0n) is 18.6. The normalized spacial score (nSPS) is 16.2. The lowest BCUT2D eigenvalue weighted by molar-refractivity contribution is -0.121. The summed E-state index contributed by atoms with van der Waals surface area (Å²) >= 11 is 0. The lowest BCUT2D eigenvalue weighted by Gasteiger charge is -2.36. The third kappa shape index (κ3) is 5.50. The second kappa shape index (κ2) is 10.4. The van der Waals surface area contributed by atoms with Crippen LogP contribution in [0.1, 0.15) is 42.5 Å². The lowest BCUT2D eigenvalue weighted by atomic mass is 9.99. The van der Waals surface area contributed by atoms with Crippen LogP contribution in [0.15, 0.2) is 49.1 Å². The average molecular weight is 434 g/mol. The number of carbonyl (C=O) groups excluding carboxylic acids is 1. The number of rotatable bonds is 8. The molecular weight excluding hydrogens is 402 g/mol. The molecule has 1 aliphatic rings. The number of aromatic nitrogens is 4. The van der Waals surface area contributed by atoms with E-state index in [9.17, 15) is 4.79 Å². The Morgan fingerprint density at radius 3 is 2.75 bits per heavy atom. The van der Waals surface area contributed by atoms with Gasteiger partial charge in [-0.15, -0.1) is 0 Å². The van der Waals surface area contributed by atoms with E-state index in [-0.39, 0.29) is 11.9 Å². The summed E-state index contributed by atoms with van der Waals surface area (Å²) in [5.74, 6) is 1.56. The summed E-state index contributed by atoms with van der Waals surface area (Å²) in [6.45, 7) is 4.04. The summed E-state index contributed by atoms with van der Waals surface area (Å²) in [6, 6.07) is 10.4. The molecule has 0 bridgehead atoms. The van der Waals surface area contributed by atoms with Gasteiger partial charge in [-0.25, -0.2) is 9.97 Å². The molecular formula is C24H31N7O. The van der Waals surface area contributed by atoms with Crippen molar-refractivity contribution in [1.29, 1.82) is 0 Å². The molecule has 3 N–H and O–H groups in total. The number of hydrogen-bond acceptors (Lipinski definition) is 6. The third-order valence-corrected chi connectivity index (χ3v) is 5.90. The first kappa shape index (κ1) is 22.0. The molecule has 3 aromatic rings. The van der Waals surface area contributed by atoms with Crippen LogP contribution in [0.3, 0.4) is 0 Å². The molecule has 0 radical (unpaired) electrons. The van der Waals surface area contributed by atoms with Gasteiger partial charge < -0.3 is 16.0 Å². The van der Waals surface area contributed by atoms with Crippen LogP contribution in [0.4, 0.5) is 5.82 Å². The molecule has 1 aliphatic heterocycles. The van der Waals surface area contributed by atoms with Gasteiger partial charge in [0.2, 0.25) is 11.9 Å². The van der Waals surface area contributed by atoms with Gasteiger partial charge in [0.25, 0.3) is 0 Å². The Balaban J connectivity index is 1.37. The molecule has 32 heavy (non-hydrogen) atoms. The van der Waals surface area contributed by atoms with Crippen molar-refractivity contribution < 1.29 is 4.79 Å². The van der Waals surface area contributed by atoms with Crippen LogP contribution in [-0.2, 0) is 17.8 Å². The van der Waals surface area contributed by atoms with E-state index in [1.807, 2.05) is 35.9 Å². The second-order valence-electron chi connectivity index (χ2n) is 8.31. The van der Waals surface area contributed by atoms with E-state index in [1.165, 1.54) is 5.56 Å². The molecule has 1 fully saturated rings. The van der Waals surface area contributed by atoms with Gasteiger partial charge in [-0.05, 0) is 43.7 Å². The van der Waals surface area contributed by atoms with Gasteiger partial charge in [0.05, 0.1) is 0 Å². The van der Waals surface area contributed by atoms with Crippen molar-refractivity contribution in [3.05, 3.63) is 65.9 Å². The summed E-state index contributed by atoms with van der Waals surface area (Å²) in [5, 5.41) is 3.09. The fraction of sp³-hybridized carbons (Fsp3) is 0.417. The van der Waals surface area contributed by atoms with Gasteiger partial charge >= 0.3 is 0 Å². The summed E-state index contributed by atoms with van der Waals surface area (Å²) < 4.78 is 1.81. The van der Waals surface area contributed by atoms with E-state index in [0.29, 0.717) is 25.5 Å². The van der Waals surface area contributed by atoms with Crippen molar-refractivity contribution in [2.45, 2.75) is 51.6 Å². The van der Waals surface area contributed by atoms with Crippen molar-refractivity contribution in [3.8, 4) is 5.95 Å². The van der Waals surface area contributed by atoms with Crippen LogP contribution in [0.5, 0.6) is 0 Å². The molecule has 0 saturated carbocycles. The molecule has 1 saturated heterocycles. The van der Waals surface area contributed by atoms with E-state index in [2.05, 4.69) is 32.3 Å². The number of amides is 1. The van der Waals surface area contributed by atoms with E-state index < -0.39 is 0 Å². The molecule has 1 amide bonds. The summed E-state index contributed by atoms with van der Waals surface area (Å²) in [6.07, 6.45) is 9.73. The van der Waals surface area contributed by atoms with Gasteiger partial charge in [0.15, 0.2) is 0 Å². The first-order valence-corrected chi connectivity index (χ1v) is 11.3. The Bertz CT molecular complexity index is 1020. The van der Waals surface area contributed by atoms with Crippen molar-refractivity contribution >= 4 is 11.7 Å². The lowest BCUT2D eigenvalue weighted by Crippen LogP contribution is -2.43. The van der Waals surface area contributed by atoms with Crippen LogP contribution in [-0.4, -0.2) is 44.6 Å². The van der Waals surface area contributed by atoms with Crippen LogP contribution >= 0.6 is 0 Å². The van der Waals surface area contributed by atoms with Crippen molar-refractivity contribution in [3.63, 3.8) is 0 Å². The largest absolute Gasteiger partial charge is 0.356 e. The number of hydrogen-bond donors (Lipinski definition) is 2. The number of nitrogens with two attached hydrogens (primary N) is 1. The zero-order valence-corrected chi connectivity index (χ0v) is 18.6. The van der Waals surface area contributed by atoms with Gasteiger partial charge in [-0.3, -0.25) is 9.36 Å². The molecule has 1 unspecified atom stereocenters. The monoisotopic (exact) mass is 433 g/mol. The second-order valence-corrected chi connectivity index (χ2v) is 8.31. The maximum Gasteiger partial charge on any atom is 0.237 e. The fourth-order valence-corrected chi connectivity index (χ4v) is 4.17. The number of benzene rings is 1. The van der Waals surface area contributed by atoms with Crippen LogP contribution in [0, 0.1) is 6.92 Å². The Morgan fingerprint density at radius 2 is 2.00 bits per heavy atom. The highest BCUT2D eigenvalue weighted by Crippen LogP contribution is 2.26. The number of imidazole rings is 1. The summed E-state index contributed by atoms with van der Waals surface area (Å²) in [4.78, 5) is 28.4. The molecule has 168 valence electrons. The molecule has 1 atom stereocenters. The first-order chi connectivity index (χ1) is 15.6. The maximum atomic E-state index is 12.7. The van der Waals surface area contributed by atoms with Crippen molar-refractivity contribution in [1.82, 2.24) is 24.8 Å². The topological polar surface area (TPSA) is 102 Å².